The SMILES string of the molecule is CC(C)N(Cc1cnn(C)c1)C(=O)CCSc1ccc(Br)cc1. The van der Waals surface area contributed by atoms with Gasteiger partial charge < -0.3 is 4.90 Å². The molecule has 23 heavy (non-hydrogen) atoms. The Bertz CT molecular complexity index is 640. The number of halogens is 1. The summed E-state index contributed by atoms with van der Waals surface area (Å²) in [6.07, 6.45) is 4.32. The predicted molar refractivity (Wildman–Crippen MR) is 98.4 cm³/mol. The Labute approximate surface area is 150 Å². The fraction of sp³-hybridized carbons (Fsp3) is 0.412. The second-order valence-electron chi connectivity index (χ2n) is 5.69. The average molecular weight is 396 g/mol. The highest BCUT2D eigenvalue weighted by Gasteiger charge is 2.17. The van der Waals surface area contributed by atoms with Crippen molar-refractivity contribution in [3.8, 4) is 0 Å². The molecule has 0 aliphatic carbocycles. The Balaban J connectivity index is 1.86. The molecule has 0 unspecified atom stereocenters. The molecular formula is C17H22BrN3OS. The summed E-state index contributed by atoms with van der Waals surface area (Å²) in [5, 5.41) is 4.17. The van der Waals surface area contributed by atoms with Crippen LogP contribution >= 0.6 is 27.7 Å². The third-order valence-electron chi connectivity index (χ3n) is 3.45. The normalized spacial score (nSPS) is 11.0. The van der Waals surface area contributed by atoms with Gasteiger partial charge in [0.15, 0.2) is 0 Å². The molecule has 1 aromatic carbocycles. The van der Waals surface area contributed by atoms with E-state index >= 15 is 0 Å². The first kappa shape index (κ1) is 18.1. The molecule has 124 valence electrons. The molecule has 0 fully saturated rings. The monoisotopic (exact) mass is 395 g/mol. The summed E-state index contributed by atoms with van der Waals surface area (Å²) in [4.78, 5) is 15.6. The first-order valence-corrected chi connectivity index (χ1v) is 9.39. The van der Waals surface area contributed by atoms with Gasteiger partial charge in [-0.25, -0.2) is 0 Å². The van der Waals surface area contributed by atoms with E-state index in [1.165, 1.54) is 4.90 Å². The maximum atomic E-state index is 12.5. The first-order valence-electron chi connectivity index (χ1n) is 7.61. The van der Waals surface area contributed by atoms with Crippen LogP contribution in [0.25, 0.3) is 0 Å². The van der Waals surface area contributed by atoms with Gasteiger partial charge in [-0.05, 0) is 38.1 Å². The molecular weight excluding hydrogens is 374 g/mol. The summed E-state index contributed by atoms with van der Waals surface area (Å²) >= 11 is 5.14. The van der Waals surface area contributed by atoms with Crippen molar-refractivity contribution < 1.29 is 4.79 Å². The number of benzene rings is 1. The van der Waals surface area contributed by atoms with E-state index in [0.717, 1.165) is 15.8 Å². The van der Waals surface area contributed by atoms with Crippen LogP contribution in [0, 0.1) is 0 Å². The number of carbonyl (C=O) groups excluding carboxylic acids is 1. The first-order chi connectivity index (χ1) is 11.0. The van der Waals surface area contributed by atoms with Gasteiger partial charge in [0.1, 0.15) is 0 Å². The fourth-order valence-electron chi connectivity index (χ4n) is 2.24. The molecule has 0 radical (unpaired) electrons. The van der Waals surface area contributed by atoms with Gasteiger partial charge >= 0.3 is 0 Å². The maximum Gasteiger partial charge on any atom is 0.223 e. The Morgan fingerprint density at radius 2 is 2.04 bits per heavy atom. The van der Waals surface area contributed by atoms with Gasteiger partial charge in [-0.2, -0.15) is 5.10 Å². The molecule has 0 N–H and O–H groups in total. The topological polar surface area (TPSA) is 38.1 Å². The molecule has 0 spiro atoms. The summed E-state index contributed by atoms with van der Waals surface area (Å²) in [5.74, 6) is 0.977. The smallest absolute Gasteiger partial charge is 0.223 e. The number of aryl methyl sites for hydroxylation is 1. The van der Waals surface area contributed by atoms with Crippen molar-refractivity contribution in [3.63, 3.8) is 0 Å². The minimum Gasteiger partial charge on any atom is -0.336 e. The van der Waals surface area contributed by atoms with E-state index in [1.807, 2.05) is 36.5 Å². The lowest BCUT2D eigenvalue weighted by molar-refractivity contribution is -0.133. The van der Waals surface area contributed by atoms with Crippen molar-refractivity contribution in [2.75, 3.05) is 5.75 Å². The highest BCUT2D eigenvalue weighted by molar-refractivity contribution is 9.10. The minimum atomic E-state index is 0.181. The standard InChI is InChI=1S/C17H22BrN3OS/c1-13(2)21(12-14-10-19-20(3)11-14)17(22)8-9-23-16-6-4-15(18)5-7-16/h4-7,10-11,13H,8-9,12H2,1-3H3. The minimum absolute atomic E-state index is 0.181. The Morgan fingerprint density at radius 1 is 1.35 bits per heavy atom. The molecule has 0 atom stereocenters. The second-order valence-corrected chi connectivity index (χ2v) is 7.77. The number of carbonyl (C=O) groups is 1. The second kappa shape index (κ2) is 8.55. The maximum absolute atomic E-state index is 12.5. The van der Waals surface area contributed by atoms with Gasteiger partial charge in [-0.3, -0.25) is 9.48 Å². The van der Waals surface area contributed by atoms with E-state index in [0.29, 0.717) is 13.0 Å². The molecule has 1 amide bonds. The van der Waals surface area contributed by atoms with Crippen molar-refractivity contribution in [1.29, 1.82) is 0 Å². The number of nitrogens with zero attached hydrogens (tertiary/aromatic N) is 3. The Hall–Kier alpha value is -1.27. The van der Waals surface area contributed by atoms with Crippen LogP contribution in [-0.2, 0) is 18.4 Å². The van der Waals surface area contributed by atoms with Crippen molar-refractivity contribution in [1.82, 2.24) is 14.7 Å². The van der Waals surface area contributed by atoms with Gasteiger partial charge in [0.05, 0.1) is 6.20 Å². The lowest BCUT2D eigenvalue weighted by Crippen LogP contribution is -2.36. The summed E-state index contributed by atoms with van der Waals surface area (Å²) < 4.78 is 2.84. The van der Waals surface area contributed by atoms with Crippen LogP contribution in [-0.4, -0.2) is 32.4 Å². The van der Waals surface area contributed by atoms with Gasteiger partial charge in [-0.1, -0.05) is 15.9 Å². The largest absolute Gasteiger partial charge is 0.336 e. The summed E-state index contributed by atoms with van der Waals surface area (Å²) in [7, 11) is 1.89. The highest BCUT2D eigenvalue weighted by atomic mass is 79.9. The zero-order valence-corrected chi connectivity index (χ0v) is 16.1. The number of hydrogen-bond acceptors (Lipinski definition) is 3. The van der Waals surface area contributed by atoms with Gasteiger partial charge in [0.25, 0.3) is 0 Å². The van der Waals surface area contributed by atoms with Gasteiger partial charge in [0, 0.05) is 52.9 Å². The van der Waals surface area contributed by atoms with Gasteiger partial charge in [0.2, 0.25) is 5.91 Å². The van der Waals surface area contributed by atoms with Crippen LogP contribution in [0.5, 0.6) is 0 Å². The number of hydrogen-bond donors (Lipinski definition) is 0. The van der Waals surface area contributed by atoms with Crippen LogP contribution in [0.3, 0.4) is 0 Å². The van der Waals surface area contributed by atoms with E-state index in [1.54, 1.807) is 16.4 Å². The molecule has 1 heterocycles. The van der Waals surface area contributed by atoms with E-state index in [2.05, 4.69) is 47.0 Å². The van der Waals surface area contributed by atoms with Crippen LogP contribution in [0.1, 0.15) is 25.8 Å². The van der Waals surface area contributed by atoms with Crippen LogP contribution in [0.15, 0.2) is 46.0 Å². The molecule has 2 aromatic rings. The van der Waals surface area contributed by atoms with Crippen LogP contribution < -0.4 is 0 Å². The van der Waals surface area contributed by atoms with Crippen molar-refractivity contribution in [2.45, 2.75) is 37.8 Å². The highest BCUT2D eigenvalue weighted by Crippen LogP contribution is 2.22. The molecule has 0 saturated carbocycles. The van der Waals surface area contributed by atoms with Crippen LogP contribution in [0.2, 0.25) is 0 Å². The van der Waals surface area contributed by atoms with Crippen molar-refractivity contribution in [2.24, 2.45) is 7.05 Å². The lowest BCUT2D eigenvalue weighted by atomic mass is 10.2. The van der Waals surface area contributed by atoms with E-state index in [-0.39, 0.29) is 11.9 Å². The molecule has 1 aromatic heterocycles. The third kappa shape index (κ3) is 5.70. The number of aromatic nitrogens is 2. The van der Waals surface area contributed by atoms with Crippen molar-refractivity contribution >= 4 is 33.6 Å². The van der Waals surface area contributed by atoms with Crippen LogP contribution in [0.4, 0.5) is 0 Å². The number of amides is 1. The zero-order valence-electron chi connectivity index (χ0n) is 13.7. The van der Waals surface area contributed by atoms with E-state index in [9.17, 15) is 4.79 Å². The third-order valence-corrected chi connectivity index (χ3v) is 5.00. The molecule has 6 heteroatoms. The molecule has 0 aliphatic rings. The van der Waals surface area contributed by atoms with Crippen molar-refractivity contribution in [3.05, 3.63) is 46.7 Å². The molecule has 0 aliphatic heterocycles. The molecule has 2 rings (SSSR count). The quantitative estimate of drug-likeness (QED) is 0.662. The molecule has 0 bridgehead atoms. The fourth-order valence-corrected chi connectivity index (χ4v) is 3.34. The number of thioether (sulfide) groups is 1. The summed E-state index contributed by atoms with van der Waals surface area (Å²) in [5.41, 5.74) is 1.06. The molecule has 4 nitrogen and oxygen atoms in total. The lowest BCUT2D eigenvalue weighted by Gasteiger charge is -2.26. The predicted octanol–water partition coefficient (Wildman–Crippen LogP) is 4.10. The average Bonchev–Trinajstić information content (AvgIpc) is 2.92. The summed E-state index contributed by atoms with van der Waals surface area (Å²) in [6.45, 7) is 4.72. The van der Waals surface area contributed by atoms with Gasteiger partial charge in [-0.15, -0.1) is 11.8 Å². The molecule has 0 saturated heterocycles. The summed E-state index contributed by atoms with van der Waals surface area (Å²) in [6, 6.07) is 8.35. The van der Waals surface area contributed by atoms with E-state index < -0.39 is 0 Å². The number of rotatable bonds is 7. The Morgan fingerprint density at radius 3 is 2.61 bits per heavy atom. The van der Waals surface area contributed by atoms with E-state index in [4.69, 9.17) is 0 Å². The zero-order chi connectivity index (χ0) is 16.8. The Kier molecular flexibility index (Phi) is 6.72.